The van der Waals surface area contributed by atoms with Crippen LogP contribution in [0.4, 0.5) is 0 Å². The van der Waals surface area contributed by atoms with Gasteiger partial charge in [0, 0.05) is 11.8 Å². The zero-order valence-corrected chi connectivity index (χ0v) is 14.0. The van der Waals surface area contributed by atoms with E-state index in [2.05, 4.69) is 9.97 Å². The van der Waals surface area contributed by atoms with Crippen LogP contribution in [0.25, 0.3) is 0 Å². The Bertz CT molecular complexity index is 920. The molecule has 0 aliphatic rings. The van der Waals surface area contributed by atoms with Crippen molar-refractivity contribution in [2.75, 3.05) is 0 Å². The van der Waals surface area contributed by atoms with Crippen molar-refractivity contribution in [2.45, 2.75) is 6.92 Å². The van der Waals surface area contributed by atoms with Gasteiger partial charge in [0.15, 0.2) is 34.5 Å². The van der Waals surface area contributed by atoms with Gasteiger partial charge >= 0.3 is 5.69 Å². The Balaban J connectivity index is 0.000000202. The van der Waals surface area contributed by atoms with E-state index in [9.17, 15) is 9.59 Å². The monoisotopic (exact) mass is 378 g/mol. The van der Waals surface area contributed by atoms with Crippen LogP contribution in [0.3, 0.4) is 0 Å². The van der Waals surface area contributed by atoms with E-state index in [1.54, 1.807) is 6.92 Å². The normalized spacial score (nSPS) is 9.37. The van der Waals surface area contributed by atoms with Crippen LogP contribution in [0.1, 0.15) is 5.56 Å². The summed E-state index contributed by atoms with van der Waals surface area (Å²) in [5.74, 6) is -2.19. The van der Waals surface area contributed by atoms with Crippen LogP contribution in [-0.4, -0.2) is 40.6 Å². The van der Waals surface area contributed by atoms with E-state index in [1.165, 1.54) is 42.6 Å². The molecule has 3 aromatic rings. The average molecular weight is 378 g/mol. The second-order valence-corrected chi connectivity index (χ2v) is 5.04. The lowest BCUT2D eigenvalue weighted by Gasteiger charge is -1.96. The lowest BCUT2D eigenvalue weighted by molar-refractivity contribution is 0.368. The molecule has 3 rings (SSSR count). The molecule has 144 valence electrons. The number of nitrogens with one attached hydrogen (secondary N) is 2. The average Bonchev–Trinajstić information content (AvgIpc) is 2.62. The molecule has 0 bridgehead atoms. The molecule has 0 unspecified atom stereocenters. The summed E-state index contributed by atoms with van der Waals surface area (Å²) >= 11 is 0. The van der Waals surface area contributed by atoms with Crippen LogP contribution >= 0.6 is 0 Å². The minimum Gasteiger partial charge on any atom is -0.504 e. The minimum atomic E-state index is -0.475. The Hall–Kier alpha value is -4.08. The topological polar surface area (TPSA) is 187 Å². The second kappa shape index (κ2) is 9.42. The van der Waals surface area contributed by atoms with Gasteiger partial charge in [0.1, 0.15) is 0 Å². The van der Waals surface area contributed by atoms with Crippen molar-refractivity contribution in [2.24, 2.45) is 0 Å². The molecule has 10 heteroatoms. The number of benzene rings is 2. The zero-order valence-electron chi connectivity index (χ0n) is 14.0. The number of phenols is 6. The van der Waals surface area contributed by atoms with Gasteiger partial charge in [-0.25, -0.2) is 4.79 Å². The number of rotatable bonds is 0. The summed E-state index contributed by atoms with van der Waals surface area (Å²) in [5, 5.41) is 52.2. The highest BCUT2D eigenvalue weighted by Crippen LogP contribution is 2.33. The Kier molecular flexibility index (Phi) is 7.31. The van der Waals surface area contributed by atoms with E-state index in [0.29, 0.717) is 5.56 Å². The van der Waals surface area contributed by atoms with E-state index < -0.39 is 17.2 Å². The Morgan fingerprint density at radius 3 is 1.33 bits per heavy atom. The summed E-state index contributed by atoms with van der Waals surface area (Å²) in [6.45, 7) is 1.62. The smallest absolute Gasteiger partial charge is 0.325 e. The third kappa shape index (κ3) is 6.38. The van der Waals surface area contributed by atoms with Crippen LogP contribution in [0.2, 0.25) is 0 Å². The summed E-state index contributed by atoms with van der Waals surface area (Å²) in [6, 6.07) is 8.02. The highest BCUT2D eigenvalue weighted by molar-refractivity contribution is 5.48. The number of aromatic amines is 2. The fraction of sp³-hybridized carbons (Fsp3) is 0.0588. The highest BCUT2D eigenvalue weighted by Gasteiger charge is 2.01. The highest BCUT2D eigenvalue weighted by atomic mass is 16.3. The standard InChI is InChI=1S/2C6H6O3.C5H6N2O2/c2*7-4-2-1-3-5(8)6(4)9;1-3-2-6-5(9)7-4(3)8/h2*1-3,7-9H;2H,1H3,(H2,6,7,8,9). The number of aromatic hydroxyl groups is 6. The van der Waals surface area contributed by atoms with Gasteiger partial charge in [0.25, 0.3) is 5.56 Å². The van der Waals surface area contributed by atoms with Crippen molar-refractivity contribution < 1.29 is 30.6 Å². The summed E-state index contributed by atoms with van der Waals surface area (Å²) in [6.07, 6.45) is 1.38. The van der Waals surface area contributed by atoms with E-state index in [0.717, 1.165) is 0 Å². The van der Waals surface area contributed by atoms with Crippen molar-refractivity contribution in [3.63, 3.8) is 0 Å². The minimum absolute atomic E-state index is 0.310. The maximum Gasteiger partial charge on any atom is 0.325 e. The Labute approximate surface area is 151 Å². The number of aromatic nitrogens is 2. The van der Waals surface area contributed by atoms with Gasteiger partial charge in [0.05, 0.1) is 0 Å². The van der Waals surface area contributed by atoms with Crippen molar-refractivity contribution in [3.05, 3.63) is 69.0 Å². The number of hydrogen-bond acceptors (Lipinski definition) is 8. The number of aryl methyl sites for hydroxylation is 1. The fourth-order valence-corrected chi connectivity index (χ4v) is 1.52. The first-order chi connectivity index (χ1) is 12.6. The molecule has 0 aliphatic carbocycles. The summed E-state index contributed by atoms with van der Waals surface area (Å²) in [4.78, 5) is 25.3. The molecule has 0 saturated heterocycles. The fourth-order valence-electron chi connectivity index (χ4n) is 1.52. The van der Waals surface area contributed by atoms with Crippen LogP contribution in [0.15, 0.2) is 52.2 Å². The lowest BCUT2D eigenvalue weighted by Crippen LogP contribution is -2.22. The molecule has 1 aromatic heterocycles. The molecule has 2 aromatic carbocycles. The number of para-hydroxylation sites is 2. The Morgan fingerprint density at radius 1 is 0.704 bits per heavy atom. The quantitative estimate of drug-likeness (QED) is 0.266. The lowest BCUT2D eigenvalue weighted by atomic mass is 10.3. The Morgan fingerprint density at radius 2 is 1.07 bits per heavy atom. The van der Waals surface area contributed by atoms with Crippen LogP contribution in [0, 0.1) is 6.92 Å². The molecule has 0 amide bonds. The van der Waals surface area contributed by atoms with Crippen LogP contribution < -0.4 is 11.2 Å². The van der Waals surface area contributed by atoms with Gasteiger partial charge < -0.3 is 35.6 Å². The molecule has 1 heterocycles. The number of hydrogen-bond donors (Lipinski definition) is 8. The molecule has 0 radical (unpaired) electrons. The maximum atomic E-state index is 10.6. The van der Waals surface area contributed by atoms with Crippen molar-refractivity contribution in [1.82, 2.24) is 9.97 Å². The molecule has 10 nitrogen and oxygen atoms in total. The molecular formula is C17H18N2O8. The summed E-state index contributed by atoms with van der Waals surface area (Å²) in [7, 11) is 0. The van der Waals surface area contributed by atoms with Gasteiger partial charge in [-0.1, -0.05) is 12.1 Å². The molecule has 0 spiro atoms. The van der Waals surface area contributed by atoms with Crippen molar-refractivity contribution in [3.8, 4) is 34.5 Å². The second-order valence-electron chi connectivity index (χ2n) is 5.04. The first-order valence-corrected chi connectivity index (χ1v) is 7.32. The molecule has 8 N–H and O–H groups in total. The third-order valence-corrected chi connectivity index (χ3v) is 2.99. The van der Waals surface area contributed by atoms with Crippen LogP contribution in [-0.2, 0) is 0 Å². The number of H-pyrrole nitrogens is 2. The van der Waals surface area contributed by atoms with Crippen LogP contribution in [0.5, 0.6) is 34.5 Å². The molecule has 0 aliphatic heterocycles. The predicted octanol–water partition coefficient (Wildman–Crippen LogP) is 0.978. The zero-order chi connectivity index (χ0) is 20.6. The first-order valence-electron chi connectivity index (χ1n) is 7.32. The summed E-state index contributed by atoms with van der Waals surface area (Å²) < 4.78 is 0. The molecular weight excluding hydrogens is 360 g/mol. The van der Waals surface area contributed by atoms with Gasteiger partial charge in [-0.2, -0.15) is 0 Å². The predicted molar refractivity (Wildman–Crippen MR) is 95.3 cm³/mol. The molecule has 0 saturated carbocycles. The molecule has 0 fully saturated rings. The largest absolute Gasteiger partial charge is 0.504 e. The van der Waals surface area contributed by atoms with Crippen molar-refractivity contribution >= 4 is 0 Å². The first kappa shape index (κ1) is 21.0. The van der Waals surface area contributed by atoms with Gasteiger partial charge in [-0.15, -0.1) is 0 Å². The van der Waals surface area contributed by atoms with E-state index >= 15 is 0 Å². The number of phenolic OH excluding ortho intramolecular Hbond substituents is 6. The van der Waals surface area contributed by atoms with Gasteiger partial charge in [-0.3, -0.25) is 9.78 Å². The van der Waals surface area contributed by atoms with Crippen molar-refractivity contribution in [1.29, 1.82) is 0 Å². The van der Waals surface area contributed by atoms with E-state index in [1.807, 2.05) is 0 Å². The van der Waals surface area contributed by atoms with E-state index in [-0.39, 0.29) is 28.6 Å². The van der Waals surface area contributed by atoms with E-state index in [4.69, 9.17) is 30.6 Å². The summed E-state index contributed by atoms with van der Waals surface area (Å²) in [5.41, 5.74) is -0.293. The van der Waals surface area contributed by atoms with Gasteiger partial charge in [-0.05, 0) is 31.2 Å². The van der Waals surface area contributed by atoms with Gasteiger partial charge in [0.2, 0.25) is 0 Å². The maximum absolute atomic E-state index is 10.6. The molecule has 27 heavy (non-hydrogen) atoms. The molecule has 0 atom stereocenters. The third-order valence-electron chi connectivity index (χ3n) is 2.99. The SMILES string of the molecule is Cc1c[nH]c(=O)[nH]c1=O.Oc1cccc(O)c1O.Oc1cccc(O)c1O.